The van der Waals surface area contributed by atoms with Crippen molar-refractivity contribution in [2.75, 3.05) is 5.32 Å². The summed E-state index contributed by atoms with van der Waals surface area (Å²) in [5, 5.41) is 7.44. The third-order valence-electron chi connectivity index (χ3n) is 2.71. The van der Waals surface area contributed by atoms with E-state index in [1.165, 1.54) is 0 Å². The van der Waals surface area contributed by atoms with Gasteiger partial charge in [-0.25, -0.2) is 4.98 Å². The molecule has 1 N–H and O–H groups in total. The number of para-hydroxylation sites is 1. The fraction of sp³-hybridized carbons (Fsp3) is 0.0769. The first kappa shape index (κ1) is 10.6. The number of nitrogens with zero attached hydrogens (tertiary/aromatic N) is 4. The Morgan fingerprint density at radius 3 is 2.61 bits per heavy atom. The molecule has 3 aromatic rings. The molecule has 18 heavy (non-hydrogen) atoms. The number of rotatable bonds is 3. The monoisotopic (exact) mass is 239 g/mol. The van der Waals surface area contributed by atoms with E-state index in [0.717, 1.165) is 17.5 Å². The number of aryl methyl sites for hydroxylation is 1. The summed E-state index contributed by atoms with van der Waals surface area (Å²) in [6.07, 6.45) is 5.43. The van der Waals surface area contributed by atoms with Gasteiger partial charge in [0.2, 0.25) is 5.95 Å². The normalized spacial score (nSPS) is 10.5. The minimum absolute atomic E-state index is 0.768. The predicted molar refractivity (Wildman–Crippen MR) is 70.1 cm³/mol. The average molecular weight is 239 g/mol. The maximum atomic E-state index is 4.32. The highest BCUT2D eigenvalue weighted by molar-refractivity contribution is 5.54. The van der Waals surface area contributed by atoms with Crippen molar-refractivity contribution in [3.63, 3.8) is 0 Å². The van der Waals surface area contributed by atoms with Gasteiger partial charge < -0.3 is 5.32 Å². The van der Waals surface area contributed by atoms with Crippen LogP contribution in [0.25, 0.3) is 5.82 Å². The van der Waals surface area contributed by atoms with Gasteiger partial charge in [0, 0.05) is 31.2 Å². The molecule has 2 heterocycles. The molecule has 5 heteroatoms. The molecular formula is C13H13N5. The zero-order valence-electron chi connectivity index (χ0n) is 9.99. The van der Waals surface area contributed by atoms with Crippen molar-refractivity contribution in [2.45, 2.75) is 0 Å². The van der Waals surface area contributed by atoms with Crippen molar-refractivity contribution >= 4 is 11.6 Å². The lowest BCUT2D eigenvalue weighted by Crippen LogP contribution is -2.05. The summed E-state index contributed by atoms with van der Waals surface area (Å²) in [5.74, 6) is 1.73. The maximum Gasteiger partial charge on any atom is 0.213 e. The van der Waals surface area contributed by atoms with E-state index in [4.69, 9.17) is 0 Å². The minimum Gasteiger partial charge on any atom is -0.325 e. The molecule has 0 fully saturated rings. The number of aromatic nitrogens is 4. The topological polar surface area (TPSA) is 47.7 Å². The van der Waals surface area contributed by atoms with Crippen LogP contribution in [0.15, 0.2) is 55.0 Å². The second-order valence-electron chi connectivity index (χ2n) is 3.92. The molecular weight excluding hydrogens is 226 g/mol. The van der Waals surface area contributed by atoms with Crippen molar-refractivity contribution in [2.24, 2.45) is 7.05 Å². The Balaban J connectivity index is 1.96. The molecule has 0 bridgehead atoms. The second kappa shape index (κ2) is 4.37. The summed E-state index contributed by atoms with van der Waals surface area (Å²) in [5.41, 5.74) is 1.01. The molecule has 0 unspecified atom stereocenters. The molecule has 0 amide bonds. The molecule has 90 valence electrons. The van der Waals surface area contributed by atoms with Gasteiger partial charge in [-0.2, -0.15) is 5.10 Å². The highest BCUT2D eigenvalue weighted by Crippen LogP contribution is 2.17. The molecule has 0 spiro atoms. The Hall–Kier alpha value is -2.56. The van der Waals surface area contributed by atoms with Crippen molar-refractivity contribution in [3.8, 4) is 5.82 Å². The number of benzene rings is 1. The molecule has 0 aliphatic carbocycles. The summed E-state index contributed by atoms with van der Waals surface area (Å²) in [6.45, 7) is 0. The summed E-state index contributed by atoms with van der Waals surface area (Å²) in [6, 6.07) is 11.9. The number of hydrogen-bond acceptors (Lipinski definition) is 3. The van der Waals surface area contributed by atoms with Crippen LogP contribution in [-0.2, 0) is 7.05 Å². The van der Waals surface area contributed by atoms with Gasteiger partial charge in [0.05, 0.1) is 6.20 Å². The highest BCUT2D eigenvalue weighted by atomic mass is 15.3. The summed E-state index contributed by atoms with van der Waals surface area (Å²) in [7, 11) is 1.90. The number of imidazole rings is 1. The predicted octanol–water partition coefficient (Wildman–Crippen LogP) is 2.35. The number of nitrogens with one attached hydrogen (secondary N) is 1. The van der Waals surface area contributed by atoms with E-state index in [1.54, 1.807) is 17.1 Å². The van der Waals surface area contributed by atoms with E-state index < -0.39 is 0 Å². The minimum atomic E-state index is 0.768. The first-order valence-corrected chi connectivity index (χ1v) is 5.68. The van der Waals surface area contributed by atoms with E-state index in [9.17, 15) is 0 Å². The average Bonchev–Trinajstić information content (AvgIpc) is 2.99. The Morgan fingerprint density at radius 1 is 1.06 bits per heavy atom. The summed E-state index contributed by atoms with van der Waals surface area (Å²) < 4.78 is 3.76. The standard InChI is InChI=1S/C13H13N5/c1-17-12(7-8-15-17)18-10-9-14-13(18)16-11-5-3-2-4-6-11/h2-10H,1H3,(H,14,16). The Kier molecular flexibility index (Phi) is 2.57. The highest BCUT2D eigenvalue weighted by Gasteiger charge is 2.07. The van der Waals surface area contributed by atoms with Crippen molar-refractivity contribution < 1.29 is 0 Å². The fourth-order valence-corrected chi connectivity index (χ4v) is 1.83. The smallest absolute Gasteiger partial charge is 0.213 e. The summed E-state index contributed by atoms with van der Waals surface area (Å²) >= 11 is 0. The number of hydrogen-bond donors (Lipinski definition) is 1. The SMILES string of the molecule is Cn1nccc1-n1ccnc1Nc1ccccc1. The number of anilines is 2. The Morgan fingerprint density at radius 2 is 1.89 bits per heavy atom. The van der Waals surface area contributed by atoms with Gasteiger partial charge in [-0.1, -0.05) is 18.2 Å². The van der Waals surface area contributed by atoms with Crippen LogP contribution in [0, 0.1) is 0 Å². The third-order valence-corrected chi connectivity index (χ3v) is 2.71. The lowest BCUT2D eigenvalue weighted by molar-refractivity contribution is 0.732. The molecule has 2 aromatic heterocycles. The van der Waals surface area contributed by atoms with E-state index in [-0.39, 0.29) is 0 Å². The summed E-state index contributed by atoms with van der Waals surface area (Å²) in [4.78, 5) is 4.32. The molecule has 0 aliphatic heterocycles. The van der Waals surface area contributed by atoms with Gasteiger partial charge in [0.15, 0.2) is 0 Å². The molecule has 0 atom stereocenters. The van der Waals surface area contributed by atoms with Crippen LogP contribution in [0.3, 0.4) is 0 Å². The van der Waals surface area contributed by atoms with Gasteiger partial charge in [-0.05, 0) is 12.1 Å². The van der Waals surface area contributed by atoms with E-state index in [1.807, 2.05) is 54.2 Å². The van der Waals surface area contributed by atoms with Gasteiger partial charge in [-0.3, -0.25) is 9.25 Å². The fourth-order valence-electron chi connectivity index (χ4n) is 1.83. The maximum absolute atomic E-state index is 4.32. The van der Waals surface area contributed by atoms with Crippen LogP contribution in [0.1, 0.15) is 0 Å². The lowest BCUT2D eigenvalue weighted by atomic mass is 10.3. The Bertz CT molecular complexity index is 638. The van der Waals surface area contributed by atoms with Gasteiger partial charge in [0.1, 0.15) is 5.82 Å². The van der Waals surface area contributed by atoms with Crippen molar-refractivity contribution in [1.82, 2.24) is 19.3 Å². The molecule has 0 saturated carbocycles. The molecule has 0 radical (unpaired) electrons. The van der Waals surface area contributed by atoms with Crippen LogP contribution in [0.5, 0.6) is 0 Å². The second-order valence-corrected chi connectivity index (χ2v) is 3.92. The van der Waals surface area contributed by atoms with Crippen LogP contribution >= 0.6 is 0 Å². The van der Waals surface area contributed by atoms with E-state index in [2.05, 4.69) is 15.4 Å². The van der Waals surface area contributed by atoms with E-state index in [0.29, 0.717) is 0 Å². The Labute approximate surface area is 105 Å². The zero-order chi connectivity index (χ0) is 12.4. The van der Waals surface area contributed by atoms with Gasteiger partial charge in [0.25, 0.3) is 0 Å². The van der Waals surface area contributed by atoms with Gasteiger partial charge in [-0.15, -0.1) is 0 Å². The van der Waals surface area contributed by atoms with Crippen LogP contribution in [-0.4, -0.2) is 19.3 Å². The molecule has 0 aliphatic rings. The van der Waals surface area contributed by atoms with Gasteiger partial charge >= 0.3 is 0 Å². The third kappa shape index (κ3) is 1.86. The van der Waals surface area contributed by atoms with Crippen LogP contribution < -0.4 is 5.32 Å². The van der Waals surface area contributed by atoms with Crippen molar-refractivity contribution in [1.29, 1.82) is 0 Å². The first-order valence-electron chi connectivity index (χ1n) is 5.68. The van der Waals surface area contributed by atoms with E-state index >= 15 is 0 Å². The van der Waals surface area contributed by atoms with Crippen LogP contribution in [0.4, 0.5) is 11.6 Å². The molecule has 0 saturated heterocycles. The molecule has 3 rings (SSSR count). The first-order chi connectivity index (χ1) is 8.84. The molecule has 1 aromatic carbocycles. The quantitative estimate of drug-likeness (QED) is 0.763. The molecule has 5 nitrogen and oxygen atoms in total. The zero-order valence-corrected chi connectivity index (χ0v) is 9.99. The van der Waals surface area contributed by atoms with Crippen LogP contribution in [0.2, 0.25) is 0 Å². The largest absolute Gasteiger partial charge is 0.325 e. The lowest BCUT2D eigenvalue weighted by Gasteiger charge is -2.09. The van der Waals surface area contributed by atoms with Crippen molar-refractivity contribution in [3.05, 3.63) is 55.0 Å².